The number of benzene rings is 1. The second kappa shape index (κ2) is 7.84. The highest BCUT2D eigenvalue weighted by Gasteiger charge is 2.23. The van der Waals surface area contributed by atoms with Crippen molar-refractivity contribution in [3.63, 3.8) is 0 Å². The van der Waals surface area contributed by atoms with Crippen LogP contribution in [-0.4, -0.2) is 44.9 Å². The molecule has 1 aliphatic heterocycles. The van der Waals surface area contributed by atoms with Gasteiger partial charge in [-0.15, -0.1) is 11.3 Å². The van der Waals surface area contributed by atoms with E-state index in [9.17, 15) is 22.0 Å². The second-order valence-electron chi connectivity index (χ2n) is 5.29. The highest BCUT2D eigenvalue weighted by atomic mass is 32.2. The van der Waals surface area contributed by atoms with Crippen LogP contribution in [-0.2, 0) is 14.8 Å². The SMILES string of the molecule is O=C(CNC1=NCCN1)Nc1cc(F)c(S(=O)(=O)Nc2cncs2)cc1F. The molecule has 0 saturated heterocycles. The van der Waals surface area contributed by atoms with Gasteiger partial charge in [-0.2, -0.15) is 0 Å². The van der Waals surface area contributed by atoms with Gasteiger partial charge in [-0.25, -0.2) is 17.2 Å². The molecule has 0 atom stereocenters. The first kappa shape index (κ1) is 19.0. The lowest BCUT2D eigenvalue weighted by Crippen LogP contribution is -2.39. The largest absolute Gasteiger partial charge is 0.355 e. The van der Waals surface area contributed by atoms with Gasteiger partial charge < -0.3 is 16.0 Å². The molecule has 27 heavy (non-hydrogen) atoms. The van der Waals surface area contributed by atoms with Crippen molar-refractivity contribution in [1.29, 1.82) is 0 Å². The maximum atomic E-state index is 14.2. The number of nitrogens with one attached hydrogen (secondary N) is 4. The lowest BCUT2D eigenvalue weighted by molar-refractivity contribution is -0.115. The van der Waals surface area contributed by atoms with E-state index in [0.29, 0.717) is 31.2 Å². The summed E-state index contributed by atoms with van der Waals surface area (Å²) in [5.41, 5.74) is 0.908. The maximum absolute atomic E-state index is 14.2. The van der Waals surface area contributed by atoms with E-state index in [4.69, 9.17) is 0 Å². The van der Waals surface area contributed by atoms with E-state index in [-0.39, 0.29) is 11.5 Å². The smallest absolute Gasteiger partial charge is 0.265 e. The molecule has 9 nitrogen and oxygen atoms in total. The van der Waals surface area contributed by atoms with Gasteiger partial charge in [0.25, 0.3) is 10.0 Å². The van der Waals surface area contributed by atoms with Crippen LogP contribution in [0.25, 0.3) is 0 Å². The van der Waals surface area contributed by atoms with Gasteiger partial charge in [0.2, 0.25) is 5.91 Å². The van der Waals surface area contributed by atoms with Gasteiger partial charge in [-0.1, -0.05) is 0 Å². The summed E-state index contributed by atoms with van der Waals surface area (Å²) in [4.78, 5) is 18.7. The van der Waals surface area contributed by atoms with E-state index in [1.807, 2.05) is 0 Å². The average molecular weight is 416 g/mol. The number of nitrogens with zero attached hydrogens (tertiary/aromatic N) is 2. The number of sulfonamides is 1. The summed E-state index contributed by atoms with van der Waals surface area (Å²) in [6, 6.07) is 1.12. The van der Waals surface area contributed by atoms with Crippen LogP contribution in [0.1, 0.15) is 0 Å². The van der Waals surface area contributed by atoms with Crippen molar-refractivity contribution in [3.8, 4) is 0 Å². The summed E-state index contributed by atoms with van der Waals surface area (Å²) >= 11 is 0.986. The molecule has 1 aliphatic rings. The number of halogens is 2. The standard InChI is InChI=1S/C14H14F2N6O3S2/c15-8-4-11(27(24,25)22-13-6-17-7-26-13)9(16)3-10(8)21-12(23)5-20-14-18-1-2-19-14/h3-4,6-7,22H,1-2,5H2,(H,21,23)(H2,18,19,20). The fourth-order valence-electron chi connectivity index (χ4n) is 2.16. The normalized spacial score (nSPS) is 13.6. The molecule has 1 aromatic carbocycles. The first-order valence-corrected chi connectivity index (χ1v) is 9.94. The van der Waals surface area contributed by atoms with E-state index in [1.165, 1.54) is 11.7 Å². The van der Waals surface area contributed by atoms with Crippen LogP contribution in [0.2, 0.25) is 0 Å². The van der Waals surface area contributed by atoms with E-state index in [1.54, 1.807) is 0 Å². The van der Waals surface area contributed by atoms with Crippen molar-refractivity contribution in [2.75, 3.05) is 29.7 Å². The number of aliphatic imine (C=N–C) groups is 1. The molecule has 0 unspecified atom stereocenters. The number of thiazole rings is 1. The molecule has 13 heteroatoms. The zero-order valence-corrected chi connectivity index (χ0v) is 15.3. The summed E-state index contributed by atoms with van der Waals surface area (Å²) in [7, 11) is -4.35. The molecule has 0 spiro atoms. The lowest BCUT2D eigenvalue weighted by Gasteiger charge is -2.11. The molecule has 1 aromatic heterocycles. The Balaban J connectivity index is 1.71. The van der Waals surface area contributed by atoms with Gasteiger partial charge in [0.15, 0.2) is 5.96 Å². The highest BCUT2D eigenvalue weighted by molar-refractivity contribution is 7.93. The van der Waals surface area contributed by atoms with Crippen LogP contribution >= 0.6 is 11.3 Å². The number of carbonyl (C=O) groups is 1. The van der Waals surface area contributed by atoms with Gasteiger partial charge in [0.1, 0.15) is 21.5 Å². The Bertz CT molecular complexity index is 979. The quantitative estimate of drug-likeness (QED) is 0.550. The van der Waals surface area contributed by atoms with Gasteiger partial charge >= 0.3 is 0 Å². The summed E-state index contributed by atoms with van der Waals surface area (Å²) in [5.74, 6) is -2.51. The topological polar surface area (TPSA) is 125 Å². The summed E-state index contributed by atoms with van der Waals surface area (Å²) in [6.07, 6.45) is 1.24. The molecule has 3 rings (SSSR count). The average Bonchev–Trinajstić information content (AvgIpc) is 3.29. The molecule has 0 aliphatic carbocycles. The minimum absolute atomic E-state index is 0.154. The van der Waals surface area contributed by atoms with Crippen molar-refractivity contribution in [1.82, 2.24) is 15.6 Å². The molecule has 144 valence electrons. The zero-order chi connectivity index (χ0) is 19.4. The van der Waals surface area contributed by atoms with Crippen LogP contribution in [0.15, 0.2) is 33.7 Å². The van der Waals surface area contributed by atoms with E-state index in [2.05, 4.69) is 30.6 Å². The fraction of sp³-hybridized carbons (Fsp3) is 0.214. The first-order chi connectivity index (χ1) is 12.8. The second-order valence-corrected chi connectivity index (χ2v) is 7.83. The minimum Gasteiger partial charge on any atom is -0.355 e. The third kappa shape index (κ3) is 4.68. The third-order valence-corrected chi connectivity index (χ3v) is 5.54. The lowest BCUT2D eigenvalue weighted by atomic mass is 10.3. The molecular formula is C14H14F2N6O3S2. The molecule has 2 aromatic rings. The molecule has 1 amide bonds. The predicted octanol–water partition coefficient (Wildman–Crippen LogP) is 0.709. The molecule has 4 N–H and O–H groups in total. The Kier molecular flexibility index (Phi) is 5.51. The van der Waals surface area contributed by atoms with Gasteiger partial charge in [0, 0.05) is 12.6 Å². The Morgan fingerprint density at radius 3 is 2.78 bits per heavy atom. The Morgan fingerprint density at radius 2 is 2.11 bits per heavy atom. The highest BCUT2D eigenvalue weighted by Crippen LogP contribution is 2.25. The number of carbonyl (C=O) groups excluding carboxylic acids is 1. The van der Waals surface area contributed by atoms with Gasteiger partial charge in [-0.05, 0) is 6.07 Å². The number of amides is 1. The number of anilines is 2. The molecular weight excluding hydrogens is 402 g/mol. The Hall–Kier alpha value is -2.80. The van der Waals surface area contributed by atoms with Gasteiger partial charge in [0.05, 0.1) is 30.5 Å². The Morgan fingerprint density at radius 1 is 1.30 bits per heavy atom. The van der Waals surface area contributed by atoms with E-state index < -0.39 is 38.1 Å². The van der Waals surface area contributed by atoms with Crippen molar-refractivity contribution < 1.29 is 22.0 Å². The zero-order valence-electron chi connectivity index (χ0n) is 13.6. The number of rotatable bonds is 6. The van der Waals surface area contributed by atoms with Crippen molar-refractivity contribution >= 4 is 43.9 Å². The third-order valence-electron chi connectivity index (χ3n) is 3.34. The van der Waals surface area contributed by atoms with Crippen LogP contribution in [0.3, 0.4) is 0 Å². The molecule has 0 fully saturated rings. The molecule has 0 radical (unpaired) electrons. The number of guanidine groups is 1. The number of hydrogen-bond donors (Lipinski definition) is 4. The minimum atomic E-state index is -4.35. The summed E-state index contributed by atoms with van der Waals surface area (Å²) in [6.45, 7) is 1.00. The maximum Gasteiger partial charge on any atom is 0.265 e. The number of hydrogen-bond acceptors (Lipinski definition) is 8. The molecule has 0 saturated carbocycles. The van der Waals surface area contributed by atoms with Crippen LogP contribution < -0.4 is 20.7 Å². The van der Waals surface area contributed by atoms with Crippen LogP contribution in [0.4, 0.5) is 19.5 Å². The summed E-state index contributed by atoms with van der Waals surface area (Å²) < 4.78 is 54.9. The van der Waals surface area contributed by atoms with Crippen LogP contribution in [0.5, 0.6) is 0 Å². The van der Waals surface area contributed by atoms with Gasteiger partial charge in [-0.3, -0.25) is 19.5 Å². The van der Waals surface area contributed by atoms with E-state index in [0.717, 1.165) is 11.3 Å². The van der Waals surface area contributed by atoms with Crippen molar-refractivity contribution in [2.24, 2.45) is 4.99 Å². The fourth-order valence-corrected chi connectivity index (χ4v) is 4.04. The number of aromatic nitrogens is 1. The first-order valence-electron chi connectivity index (χ1n) is 7.57. The van der Waals surface area contributed by atoms with Crippen molar-refractivity contribution in [3.05, 3.63) is 35.5 Å². The molecule has 0 bridgehead atoms. The molecule has 2 heterocycles. The predicted molar refractivity (Wildman–Crippen MR) is 96.2 cm³/mol. The van der Waals surface area contributed by atoms with Crippen LogP contribution in [0, 0.1) is 11.6 Å². The Labute approximate surface area is 157 Å². The monoisotopic (exact) mass is 416 g/mol. The van der Waals surface area contributed by atoms with E-state index >= 15 is 0 Å². The van der Waals surface area contributed by atoms with Crippen molar-refractivity contribution in [2.45, 2.75) is 4.90 Å². The summed E-state index contributed by atoms with van der Waals surface area (Å²) in [5, 5.41) is 7.91.